The molecule has 0 spiro atoms. The third kappa shape index (κ3) is 5.67. The molecule has 1 aliphatic heterocycles. The zero-order chi connectivity index (χ0) is 25.5. The van der Waals surface area contributed by atoms with E-state index in [9.17, 15) is 19.2 Å². The summed E-state index contributed by atoms with van der Waals surface area (Å²) in [4.78, 5) is 51.2. The lowest BCUT2D eigenvalue weighted by atomic mass is 9.91. The quantitative estimate of drug-likeness (QED) is 0.412. The first-order valence-electron chi connectivity index (χ1n) is 10.7. The first kappa shape index (κ1) is 25.4. The van der Waals surface area contributed by atoms with Crippen molar-refractivity contribution in [3.05, 3.63) is 82.1 Å². The number of carboxylic acids is 1. The summed E-state index contributed by atoms with van der Waals surface area (Å²) < 4.78 is 15.2. The molecule has 0 saturated heterocycles. The molecule has 0 radical (unpaired) electrons. The Balaban J connectivity index is 2.04. The van der Waals surface area contributed by atoms with Crippen LogP contribution in [-0.4, -0.2) is 61.4 Å². The zero-order valence-corrected chi connectivity index (χ0v) is 19.6. The number of nitrogens with zero attached hydrogens (tertiary/aromatic N) is 1. The van der Waals surface area contributed by atoms with E-state index in [4.69, 9.17) is 19.3 Å². The van der Waals surface area contributed by atoms with E-state index in [2.05, 4.69) is 5.32 Å². The van der Waals surface area contributed by atoms with Gasteiger partial charge >= 0.3 is 23.9 Å². The van der Waals surface area contributed by atoms with Crippen LogP contribution in [0.3, 0.4) is 0 Å². The average Bonchev–Trinajstić information content (AvgIpc) is 2.86. The van der Waals surface area contributed by atoms with Crippen LogP contribution in [-0.2, 0) is 25.5 Å². The second-order valence-corrected chi connectivity index (χ2v) is 7.68. The summed E-state index contributed by atoms with van der Waals surface area (Å²) in [6, 6.07) is 11.1. The Morgan fingerprint density at radius 2 is 1.69 bits per heavy atom. The van der Waals surface area contributed by atoms with Gasteiger partial charge in [-0.05, 0) is 36.2 Å². The van der Waals surface area contributed by atoms with Crippen molar-refractivity contribution in [2.24, 2.45) is 0 Å². The molecule has 184 valence electrons. The second-order valence-electron chi connectivity index (χ2n) is 7.68. The fourth-order valence-corrected chi connectivity index (χ4v) is 3.74. The average molecular weight is 482 g/mol. The summed E-state index contributed by atoms with van der Waals surface area (Å²) >= 11 is 0. The molecule has 2 N–H and O–H groups in total. The molecule has 1 heterocycles. The van der Waals surface area contributed by atoms with Crippen LogP contribution in [0.1, 0.15) is 44.8 Å². The van der Waals surface area contributed by atoms with Gasteiger partial charge in [-0.25, -0.2) is 19.2 Å². The highest BCUT2D eigenvalue weighted by atomic mass is 16.6. The predicted octanol–water partition coefficient (Wildman–Crippen LogP) is 2.90. The van der Waals surface area contributed by atoms with Gasteiger partial charge in [-0.3, -0.25) is 4.90 Å². The number of carbonyl (C=O) groups is 4. The Hall–Kier alpha value is -4.18. The lowest BCUT2D eigenvalue weighted by Crippen LogP contribution is -2.48. The molecule has 35 heavy (non-hydrogen) atoms. The number of hydrogen-bond acceptors (Lipinski definition) is 7. The van der Waals surface area contributed by atoms with Gasteiger partial charge in [0.15, 0.2) is 0 Å². The number of hydrogen-bond donors (Lipinski definition) is 2. The summed E-state index contributed by atoms with van der Waals surface area (Å²) in [5.41, 5.74) is 1.85. The number of carbonyl (C=O) groups excluding carboxylic acids is 3. The maximum Gasteiger partial charge on any atom is 0.338 e. The van der Waals surface area contributed by atoms with E-state index in [0.29, 0.717) is 16.8 Å². The van der Waals surface area contributed by atoms with Crippen LogP contribution in [0.15, 0.2) is 59.8 Å². The SMILES string of the molecule is COCCOC(=O)C1=C(C)N(Cc2ccc(C(=O)O)cc2)C(=O)NC1c1ccccc1C(=O)OC. The van der Waals surface area contributed by atoms with Crippen molar-refractivity contribution in [3.8, 4) is 0 Å². The number of methoxy groups -OCH3 is 2. The number of ether oxygens (including phenoxy) is 3. The van der Waals surface area contributed by atoms with Gasteiger partial charge in [-0.15, -0.1) is 0 Å². The second kappa shape index (κ2) is 11.3. The highest BCUT2D eigenvalue weighted by Crippen LogP contribution is 2.34. The fourth-order valence-electron chi connectivity index (χ4n) is 3.74. The number of benzene rings is 2. The number of nitrogens with one attached hydrogen (secondary N) is 1. The van der Waals surface area contributed by atoms with Crippen molar-refractivity contribution in [3.63, 3.8) is 0 Å². The highest BCUT2D eigenvalue weighted by Gasteiger charge is 2.38. The van der Waals surface area contributed by atoms with Crippen molar-refractivity contribution in [1.29, 1.82) is 0 Å². The summed E-state index contributed by atoms with van der Waals surface area (Å²) in [5.74, 6) is -2.34. The number of amides is 2. The topological polar surface area (TPSA) is 131 Å². The summed E-state index contributed by atoms with van der Waals surface area (Å²) in [6.07, 6.45) is 0. The van der Waals surface area contributed by atoms with Crippen LogP contribution >= 0.6 is 0 Å². The maximum atomic E-state index is 13.1. The summed E-state index contributed by atoms with van der Waals surface area (Å²) in [7, 11) is 2.73. The van der Waals surface area contributed by atoms with Crippen LogP contribution in [0.2, 0.25) is 0 Å². The van der Waals surface area contributed by atoms with E-state index in [1.54, 1.807) is 43.3 Å². The molecule has 3 rings (SSSR count). The van der Waals surface area contributed by atoms with E-state index in [-0.39, 0.29) is 36.5 Å². The minimum Gasteiger partial charge on any atom is -0.478 e. The fraction of sp³-hybridized carbons (Fsp3) is 0.280. The van der Waals surface area contributed by atoms with Crippen LogP contribution in [0.5, 0.6) is 0 Å². The van der Waals surface area contributed by atoms with E-state index < -0.39 is 30.0 Å². The molecular weight excluding hydrogens is 456 g/mol. The van der Waals surface area contributed by atoms with Gasteiger partial charge in [-0.1, -0.05) is 30.3 Å². The van der Waals surface area contributed by atoms with Gasteiger partial charge in [0.25, 0.3) is 0 Å². The molecule has 0 bridgehead atoms. The van der Waals surface area contributed by atoms with Crippen molar-refractivity contribution < 1.29 is 38.5 Å². The number of carboxylic acid groups (broad SMARTS) is 1. The molecule has 0 aromatic heterocycles. The van der Waals surface area contributed by atoms with E-state index in [0.717, 1.165) is 0 Å². The predicted molar refractivity (Wildman–Crippen MR) is 124 cm³/mol. The smallest absolute Gasteiger partial charge is 0.338 e. The Labute approximate surface area is 202 Å². The third-order valence-corrected chi connectivity index (χ3v) is 5.56. The maximum absolute atomic E-state index is 13.1. The number of esters is 2. The lowest BCUT2D eigenvalue weighted by Gasteiger charge is -2.36. The largest absolute Gasteiger partial charge is 0.478 e. The molecule has 0 aliphatic carbocycles. The molecule has 0 fully saturated rings. The molecule has 1 atom stereocenters. The van der Waals surface area contributed by atoms with E-state index in [1.165, 1.54) is 31.3 Å². The Morgan fingerprint density at radius 1 is 1.00 bits per heavy atom. The number of aromatic carboxylic acids is 1. The lowest BCUT2D eigenvalue weighted by molar-refractivity contribution is -0.141. The van der Waals surface area contributed by atoms with Crippen LogP contribution in [0, 0.1) is 0 Å². The highest BCUT2D eigenvalue weighted by molar-refractivity contribution is 5.97. The van der Waals surface area contributed by atoms with E-state index in [1.807, 2.05) is 0 Å². The van der Waals surface area contributed by atoms with Crippen LogP contribution in [0.25, 0.3) is 0 Å². The number of urea groups is 1. The van der Waals surface area contributed by atoms with Gasteiger partial charge in [0.1, 0.15) is 6.61 Å². The van der Waals surface area contributed by atoms with Crippen LogP contribution < -0.4 is 5.32 Å². The van der Waals surface area contributed by atoms with Gasteiger partial charge in [0.2, 0.25) is 0 Å². The van der Waals surface area contributed by atoms with Gasteiger partial charge in [0, 0.05) is 12.8 Å². The molecule has 2 aromatic rings. The standard InChI is InChI=1S/C25H26N2O8/c1-15-20(24(31)35-13-12-33-2)21(18-6-4-5-7-19(18)23(30)34-3)26-25(32)27(15)14-16-8-10-17(11-9-16)22(28)29/h4-11,21H,12-14H2,1-3H3,(H,26,32)(H,28,29). The zero-order valence-electron chi connectivity index (χ0n) is 19.6. The normalized spacial score (nSPS) is 15.5. The molecule has 2 amide bonds. The Kier molecular flexibility index (Phi) is 8.21. The van der Waals surface area contributed by atoms with Crippen LogP contribution in [0.4, 0.5) is 4.79 Å². The molecule has 0 saturated carbocycles. The first-order chi connectivity index (χ1) is 16.8. The summed E-state index contributed by atoms with van der Waals surface area (Å²) in [6.45, 7) is 1.89. The monoisotopic (exact) mass is 482 g/mol. The Morgan fingerprint density at radius 3 is 2.31 bits per heavy atom. The number of rotatable bonds is 9. The van der Waals surface area contributed by atoms with Crippen molar-refractivity contribution >= 4 is 23.9 Å². The number of allylic oxidation sites excluding steroid dienone is 1. The first-order valence-corrected chi connectivity index (χ1v) is 10.7. The third-order valence-electron chi connectivity index (χ3n) is 5.56. The van der Waals surface area contributed by atoms with Crippen molar-refractivity contribution in [1.82, 2.24) is 10.2 Å². The van der Waals surface area contributed by atoms with Gasteiger partial charge in [0.05, 0.1) is 43.0 Å². The van der Waals surface area contributed by atoms with Crippen molar-refractivity contribution in [2.45, 2.75) is 19.5 Å². The Bertz CT molecular complexity index is 1160. The van der Waals surface area contributed by atoms with Gasteiger partial charge in [-0.2, -0.15) is 0 Å². The molecule has 1 aliphatic rings. The molecule has 1 unspecified atom stereocenters. The molecular formula is C25H26N2O8. The molecule has 10 heteroatoms. The minimum absolute atomic E-state index is 0.00206. The van der Waals surface area contributed by atoms with Crippen molar-refractivity contribution in [2.75, 3.05) is 27.4 Å². The van der Waals surface area contributed by atoms with E-state index >= 15 is 0 Å². The molecule has 2 aromatic carbocycles. The summed E-state index contributed by atoms with van der Waals surface area (Å²) in [5, 5.41) is 11.9. The molecule has 10 nitrogen and oxygen atoms in total. The minimum atomic E-state index is -1.06. The van der Waals surface area contributed by atoms with Gasteiger partial charge < -0.3 is 24.6 Å².